The number of para-hydroxylation sites is 1. The number of hydrogen-bond donors (Lipinski definition) is 2. The molecule has 27 heavy (non-hydrogen) atoms. The summed E-state index contributed by atoms with van der Waals surface area (Å²) in [6.07, 6.45) is 1.85. The van der Waals surface area contributed by atoms with E-state index in [1.54, 1.807) is 4.57 Å². The predicted molar refractivity (Wildman–Crippen MR) is 106 cm³/mol. The number of ether oxygens (including phenoxy) is 1. The zero-order valence-corrected chi connectivity index (χ0v) is 15.3. The van der Waals surface area contributed by atoms with Crippen molar-refractivity contribution in [3.05, 3.63) is 94.4 Å². The van der Waals surface area contributed by atoms with E-state index in [0.717, 1.165) is 29.2 Å². The number of benzene rings is 2. The molecule has 1 aliphatic heterocycles. The SMILES string of the molecule is Cc1cccn(CC2(c3ccc(Oc4ccccc4)cc3)CNCN2)c1=O. The average Bonchev–Trinajstić information content (AvgIpc) is 3.17. The second-order valence-corrected chi connectivity index (χ2v) is 6.93. The first-order chi connectivity index (χ1) is 13.2. The van der Waals surface area contributed by atoms with E-state index in [2.05, 4.69) is 22.8 Å². The van der Waals surface area contributed by atoms with Crippen molar-refractivity contribution in [1.82, 2.24) is 15.2 Å². The molecule has 0 saturated carbocycles. The summed E-state index contributed by atoms with van der Waals surface area (Å²) in [5.74, 6) is 1.60. The summed E-state index contributed by atoms with van der Waals surface area (Å²) in [5, 5.41) is 6.90. The normalized spacial score (nSPS) is 19.1. The van der Waals surface area contributed by atoms with Crippen molar-refractivity contribution in [3.63, 3.8) is 0 Å². The van der Waals surface area contributed by atoms with E-state index in [0.29, 0.717) is 13.2 Å². The van der Waals surface area contributed by atoms with E-state index in [9.17, 15) is 4.79 Å². The second kappa shape index (κ2) is 7.39. The lowest BCUT2D eigenvalue weighted by Crippen LogP contribution is -2.45. The third-order valence-corrected chi connectivity index (χ3v) is 5.02. The molecule has 3 aromatic rings. The molecule has 1 aromatic heterocycles. The number of aryl methyl sites for hydroxylation is 1. The Labute approximate surface area is 158 Å². The van der Waals surface area contributed by atoms with Gasteiger partial charge in [-0.15, -0.1) is 0 Å². The van der Waals surface area contributed by atoms with Crippen LogP contribution in [0.3, 0.4) is 0 Å². The first kappa shape index (κ1) is 17.5. The fraction of sp³-hybridized carbons (Fsp3) is 0.227. The average molecular weight is 361 g/mol. The van der Waals surface area contributed by atoms with Crippen molar-refractivity contribution < 1.29 is 4.74 Å². The monoisotopic (exact) mass is 361 g/mol. The molecule has 1 fully saturated rings. The quantitative estimate of drug-likeness (QED) is 0.734. The molecule has 138 valence electrons. The van der Waals surface area contributed by atoms with Gasteiger partial charge in [-0.2, -0.15) is 0 Å². The van der Waals surface area contributed by atoms with E-state index in [4.69, 9.17) is 4.74 Å². The number of hydrogen-bond acceptors (Lipinski definition) is 4. The Morgan fingerprint density at radius 3 is 2.44 bits per heavy atom. The van der Waals surface area contributed by atoms with Gasteiger partial charge in [0, 0.05) is 31.5 Å². The Hall–Kier alpha value is -2.89. The van der Waals surface area contributed by atoms with Crippen LogP contribution in [0.2, 0.25) is 0 Å². The molecule has 2 heterocycles. The largest absolute Gasteiger partial charge is 0.457 e. The van der Waals surface area contributed by atoms with Crippen LogP contribution in [0, 0.1) is 6.92 Å². The molecule has 5 nitrogen and oxygen atoms in total. The van der Waals surface area contributed by atoms with Crippen molar-refractivity contribution in [2.75, 3.05) is 13.2 Å². The van der Waals surface area contributed by atoms with Gasteiger partial charge in [0.2, 0.25) is 0 Å². The highest BCUT2D eigenvalue weighted by Crippen LogP contribution is 2.28. The van der Waals surface area contributed by atoms with E-state index >= 15 is 0 Å². The number of aromatic nitrogens is 1. The molecular weight excluding hydrogens is 338 g/mol. The van der Waals surface area contributed by atoms with Gasteiger partial charge >= 0.3 is 0 Å². The maximum absolute atomic E-state index is 12.5. The molecule has 1 unspecified atom stereocenters. The van der Waals surface area contributed by atoms with Crippen LogP contribution in [0.1, 0.15) is 11.1 Å². The van der Waals surface area contributed by atoms with Crippen LogP contribution in [0.15, 0.2) is 77.7 Å². The highest BCUT2D eigenvalue weighted by Gasteiger charge is 2.36. The second-order valence-electron chi connectivity index (χ2n) is 6.93. The van der Waals surface area contributed by atoms with Crippen LogP contribution in [0.4, 0.5) is 0 Å². The molecular formula is C22H23N3O2. The molecule has 1 aliphatic rings. The predicted octanol–water partition coefficient (Wildman–Crippen LogP) is 2.99. The number of nitrogens with zero attached hydrogens (tertiary/aromatic N) is 1. The van der Waals surface area contributed by atoms with Gasteiger partial charge in [0.05, 0.1) is 5.54 Å². The fourth-order valence-corrected chi connectivity index (χ4v) is 3.52. The summed E-state index contributed by atoms with van der Waals surface area (Å²) < 4.78 is 7.67. The molecule has 4 rings (SSSR count). The fourth-order valence-electron chi connectivity index (χ4n) is 3.52. The van der Waals surface area contributed by atoms with Crippen LogP contribution >= 0.6 is 0 Å². The van der Waals surface area contributed by atoms with Gasteiger partial charge in [-0.1, -0.05) is 36.4 Å². The van der Waals surface area contributed by atoms with Gasteiger partial charge in [-0.3, -0.25) is 10.1 Å². The highest BCUT2D eigenvalue weighted by molar-refractivity contribution is 5.36. The molecule has 0 aliphatic carbocycles. The van der Waals surface area contributed by atoms with Crippen LogP contribution in [-0.4, -0.2) is 17.8 Å². The molecule has 0 amide bonds. The summed E-state index contributed by atoms with van der Waals surface area (Å²) in [7, 11) is 0. The van der Waals surface area contributed by atoms with Gasteiger partial charge < -0.3 is 14.6 Å². The summed E-state index contributed by atoms with van der Waals surface area (Å²) in [6.45, 7) is 3.88. The molecule has 1 saturated heterocycles. The van der Waals surface area contributed by atoms with Crippen molar-refractivity contribution in [2.24, 2.45) is 0 Å². The highest BCUT2D eigenvalue weighted by atomic mass is 16.5. The van der Waals surface area contributed by atoms with Gasteiger partial charge in [0.1, 0.15) is 11.5 Å². The Balaban J connectivity index is 1.60. The van der Waals surface area contributed by atoms with Crippen LogP contribution < -0.4 is 20.9 Å². The third kappa shape index (κ3) is 3.65. The minimum Gasteiger partial charge on any atom is -0.457 e. The maximum Gasteiger partial charge on any atom is 0.253 e. The lowest BCUT2D eigenvalue weighted by molar-refractivity contribution is 0.345. The number of pyridine rings is 1. The molecule has 0 bridgehead atoms. The summed E-state index contributed by atoms with van der Waals surface area (Å²) >= 11 is 0. The topological polar surface area (TPSA) is 55.3 Å². The van der Waals surface area contributed by atoms with Crippen LogP contribution in [0.25, 0.3) is 0 Å². The van der Waals surface area contributed by atoms with Crippen molar-refractivity contribution in [1.29, 1.82) is 0 Å². The molecule has 5 heteroatoms. The van der Waals surface area contributed by atoms with E-state index < -0.39 is 0 Å². The summed E-state index contributed by atoms with van der Waals surface area (Å²) in [6, 6.07) is 21.6. The Kier molecular flexibility index (Phi) is 4.79. The Morgan fingerprint density at radius 2 is 1.74 bits per heavy atom. The van der Waals surface area contributed by atoms with Gasteiger partial charge in [-0.25, -0.2) is 0 Å². The lowest BCUT2D eigenvalue weighted by Gasteiger charge is -2.30. The van der Waals surface area contributed by atoms with Gasteiger partial charge in [0.25, 0.3) is 5.56 Å². The summed E-state index contributed by atoms with van der Waals surface area (Å²) in [5.41, 5.74) is 1.60. The smallest absolute Gasteiger partial charge is 0.253 e. The van der Waals surface area contributed by atoms with E-state index in [-0.39, 0.29) is 11.1 Å². The zero-order chi connectivity index (χ0) is 18.7. The van der Waals surface area contributed by atoms with Crippen molar-refractivity contribution in [3.8, 4) is 11.5 Å². The Bertz CT molecular complexity index is 959. The zero-order valence-electron chi connectivity index (χ0n) is 15.3. The summed E-state index contributed by atoms with van der Waals surface area (Å²) in [4.78, 5) is 12.5. The molecule has 1 atom stereocenters. The van der Waals surface area contributed by atoms with Gasteiger partial charge in [0.15, 0.2) is 0 Å². The van der Waals surface area contributed by atoms with Crippen molar-refractivity contribution >= 4 is 0 Å². The standard InChI is InChI=1S/C22H23N3O2/c1-17-6-5-13-25(21(17)26)15-22(14-23-16-24-22)18-9-11-20(12-10-18)27-19-7-3-2-4-8-19/h2-13,23-24H,14-16H2,1H3. The molecule has 2 N–H and O–H groups in total. The molecule has 2 aromatic carbocycles. The molecule has 0 spiro atoms. The third-order valence-electron chi connectivity index (χ3n) is 5.02. The lowest BCUT2D eigenvalue weighted by atomic mass is 9.90. The van der Waals surface area contributed by atoms with Crippen molar-refractivity contribution in [2.45, 2.75) is 19.0 Å². The minimum absolute atomic E-state index is 0.0506. The number of nitrogens with one attached hydrogen (secondary N) is 2. The first-order valence-corrected chi connectivity index (χ1v) is 9.12. The molecule has 0 radical (unpaired) electrons. The van der Waals surface area contributed by atoms with Gasteiger partial charge in [-0.05, 0) is 42.8 Å². The number of rotatable bonds is 5. The van der Waals surface area contributed by atoms with Crippen LogP contribution in [0.5, 0.6) is 11.5 Å². The van der Waals surface area contributed by atoms with E-state index in [1.165, 1.54) is 0 Å². The Morgan fingerprint density at radius 1 is 1.00 bits per heavy atom. The van der Waals surface area contributed by atoms with E-state index in [1.807, 2.05) is 67.7 Å². The minimum atomic E-state index is -0.330. The maximum atomic E-state index is 12.5. The van der Waals surface area contributed by atoms with Crippen LogP contribution in [-0.2, 0) is 12.1 Å². The first-order valence-electron chi connectivity index (χ1n) is 9.12.